The molecule has 0 atom stereocenters. The Hall–Kier alpha value is -3.70. The van der Waals surface area contributed by atoms with Gasteiger partial charge in [-0.25, -0.2) is 24.4 Å². The number of ether oxygens (including phenoxy) is 1. The monoisotopic (exact) mass is 433 g/mol. The van der Waals surface area contributed by atoms with Gasteiger partial charge in [0.15, 0.2) is 17.2 Å². The molecular formula is C18H16ClN5O6. The first-order valence-electron chi connectivity index (χ1n) is 8.42. The zero-order valence-corrected chi connectivity index (χ0v) is 16.5. The average molecular weight is 434 g/mol. The standard InChI is InChI=1S/C9H9ClN2O.C9H7N3O5/c1-6-12-8-4-7(5-11-10)2-3-9(8)13-6;1-17-8(16)5-2-4(7(14)15)10-9-11-6(13)3-12(5)9/h2-4,11H,5H2,1H3;2-3,13H,1H3,(H,14,15). The van der Waals surface area contributed by atoms with Gasteiger partial charge >= 0.3 is 11.9 Å². The molecular weight excluding hydrogens is 418 g/mol. The number of hydrogen-bond acceptors (Lipinski definition) is 9. The molecule has 0 saturated heterocycles. The summed E-state index contributed by atoms with van der Waals surface area (Å²) in [5, 5.41) is 18.0. The second kappa shape index (κ2) is 8.76. The Morgan fingerprint density at radius 1 is 1.27 bits per heavy atom. The maximum absolute atomic E-state index is 11.4. The third kappa shape index (κ3) is 4.47. The van der Waals surface area contributed by atoms with E-state index in [1.807, 2.05) is 25.1 Å². The summed E-state index contributed by atoms with van der Waals surface area (Å²) in [6, 6.07) is 6.87. The Morgan fingerprint density at radius 2 is 2.03 bits per heavy atom. The van der Waals surface area contributed by atoms with Crippen molar-refractivity contribution in [3.8, 4) is 5.88 Å². The lowest BCUT2D eigenvalue weighted by Gasteiger charge is -2.03. The van der Waals surface area contributed by atoms with Crippen LogP contribution in [0.3, 0.4) is 0 Å². The summed E-state index contributed by atoms with van der Waals surface area (Å²) in [5.41, 5.74) is 2.35. The minimum absolute atomic E-state index is 0.0808. The van der Waals surface area contributed by atoms with Gasteiger partial charge in [-0.15, -0.1) is 0 Å². The smallest absolute Gasteiger partial charge is 0.355 e. The van der Waals surface area contributed by atoms with Crippen molar-refractivity contribution in [2.24, 2.45) is 0 Å². The number of methoxy groups -OCH3 is 1. The van der Waals surface area contributed by atoms with Crippen LogP contribution in [0.25, 0.3) is 16.9 Å². The molecule has 1 aromatic carbocycles. The molecule has 0 bridgehead atoms. The molecule has 30 heavy (non-hydrogen) atoms. The van der Waals surface area contributed by atoms with Crippen molar-refractivity contribution in [2.45, 2.75) is 13.5 Å². The Kier molecular flexibility index (Phi) is 6.14. The lowest BCUT2D eigenvalue weighted by Crippen LogP contribution is -2.12. The highest BCUT2D eigenvalue weighted by Gasteiger charge is 2.18. The fourth-order valence-electron chi connectivity index (χ4n) is 2.60. The molecule has 3 N–H and O–H groups in total. The molecule has 0 radical (unpaired) electrons. The number of nitrogens with one attached hydrogen (secondary N) is 1. The topological polar surface area (TPSA) is 152 Å². The van der Waals surface area contributed by atoms with E-state index < -0.39 is 11.9 Å². The summed E-state index contributed by atoms with van der Waals surface area (Å²) in [7, 11) is 1.16. The molecule has 11 nitrogen and oxygen atoms in total. The van der Waals surface area contributed by atoms with Crippen LogP contribution in [-0.2, 0) is 11.3 Å². The van der Waals surface area contributed by atoms with Gasteiger partial charge in [-0.2, -0.15) is 4.98 Å². The highest BCUT2D eigenvalue weighted by Crippen LogP contribution is 2.17. The van der Waals surface area contributed by atoms with Crippen molar-refractivity contribution in [2.75, 3.05) is 7.11 Å². The number of imidazole rings is 1. The van der Waals surface area contributed by atoms with Gasteiger partial charge in [0, 0.05) is 19.5 Å². The SMILES string of the molecule is COC(=O)c1cc(C(=O)O)nc2nc(O)cn12.Cc1nc2cc(CNCl)ccc2o1. The highest BCUT2D eigenvalue weighted by molar-refractivity contribution is 6.13. The van der Waals surface area contributed by atoms with Crippen LogP contribution in [0, 0.1) is 6.92 Å². The molecule has 0 unspecified atom stereocenters. The zero-order chi connectivity index (χ0) is 21.8. The Labute approximate surface area is 174 Å². The number of aryl methyl sites for hydroxylation is 1. The van der Waals surface area contributed by atoms with Crippen molar-refractivity contribution in [1.82, 2.24) is 24.2 Å². The van der Waals surface area contributed by atoms with Crippen LogP contribution in [0.5, 0.6) is 5.88 Å². The van der Waals surface area contributed by atoms with Crippen molar-refractivity contribution < 1.29 is 29.0 Å². The van der Waals surface area contributed by atoms with Crippen molar-refractivity contribution in [3.05, 3.63) is 53.3 Å². The van der Waals surface area contributed by atoms with E-state index in [0.717, 1.165) is 40.4 Å². The first-order chi connectivity index (χ1) is 14.3. The molecule has 3 heterocycles. The van der Waals surface area contributed by atoms with Crippen LogP contribution in [0.2, 0.25) is 0 Å². The van der Waals surface area contributed by atoms with Gasteiger partial charge in [-0.05, 0) is 29.5 Å². The lowest BCUT2D eigenvalue weighted by atomic mass is 10.2. The van der Waals surface area contributed by atoms with E-state index in [1.165, 1.54) is 0 Å². The van der Waals surface area contributed by atoms with Crippen LogP contribution in [0.4, 0.5) is 0 Å². The maximum Gasteiger partial charge on any atom is 0.355 e. The molecule has 156 valence electrons. The number of esters is 1. The number of aromatic carboxylic acids is 1. The number of oxazole rings is 1. The predicted octanol–water partition coefficient (Wildman–Crippen LogP) is 2.30. The van der Waals surface area contributed by atoms with Crippen LogP contribution in [-0.4, -0.2) is 48.6 Å². The molecule has 0 fully saturated rings. The van der Waals surface area contributed by atoms with E-state index in [0.29, 0.717) is 12.4 Å². The number of hydrogen-bond donors (Lipinski definition) is 3. The summed E-state index contributed by atoms with van der Waals surface area (Å²) in [4.78, 5) is 36.3. The summed E-state index contributed by atoms with van der Waals surface area (Å²) >= 11 is 5.40. The van der Waals surface area contributed by atoms with Gasteiger partial charge in [0.2, 0.25) is 11.7 Å². The van der Waals surface area contributed by atoms with E-state index in [1.54, 1.807) is 0 Å². The molecule has 0 aliphatic heterocycles. The van der Waals surface area contributed by atoms with Gasteiger partial charge in [-0.1, -0.05) is 6.07 Å². The number of aromatic nitrogens is 4. The predicted molar refractivity (Wildman–Crippen MR) is 104 cm³/mol. The van der Waals surface area contributed by atoms with Crippen molar-refractivity contribution in [1.29, 1.82) is 0 Å². The van der Waals surface area contributed by atoms with E-state index >= 15 is 0 Å². The van der Waals surface area contributed by atoms with Gasteiger partial charge < -0.3 is 19.4 Å². The molecule has 0 amide bonds. The van der Waals surface area contributed by atoms with Gasteiger partial charge in [0.1, 0.15) is 11.2 Å². The maximum atomic E-state index is 11.4. The third-order valence-corrected chi connectivity index (χ3v) is 4.01. The highest BCUT2D eigenvalue weighted by atomic mass is 35.5. The number of carboxylic acid groups (broad SMARTS) is 1. The number of nitrogens with zero attached hydrogens (tertiary/aromatic N) is 4. The van der Waals surface area contributed by atoms with Crippen LogP contribution in [0.1, 0.15) is 32.4 Å². The van der Waals surface area contributed by atoms with Gasteiger partial charge in [0.05, 0.1) is 13.3 Å². The van der Waals surface area contributed by atoms with E-state index in [4.69, 9.17) is 21.3 Å². The first-order valence-corrected chi connectivity index (χ1v) is 8.80. The normalized spacial score (nSPS) is 10.6. The summed E-state index contributed by atoms with van der Waals surface area (Å²) in [6.45, 7) is 2.46. The van der Waals surface area contributed by atoms with Crippen LogP contribution >= 0.6 is 11.8 Å². The quantitative estimate of drug-likeness (QED) is 0.322. The largest absolute Gasteiger partial charge is 0.492 e. The molecule has 12 heteroatoms. The van der Waals surface area contributed by atoms with Crippen molar-refractivity contribution in [3.63, 3.8) is 0 Å². The van der Waals surface area contributed by atoms with E-state index in [2.05, 4.69) is 24.5 Å². The number of halogens is 1. The zero-order valence-electron chi connectivity index (χ0n) is 15.8. The second-order valence-electron chi connectivity index (χ2n) is 5.94. The number of aromatic hydroxyl groups is 1. The number of carbonyl (C=O) groups is 2. The number of benzene rings is 1. The molecule has 4 aromatic rings. The minimum Gasteiger partial charge on any atom is -0.492 e. The number of rotatable bonds is 4. The number of carbonyl (C=O) groups excluding carboxylic acids is 1. The number of carboxylic acids is 1. The second-order valence-corrected chi connectivity index (χ2v) is 6.21. The molecule has 0 spiro atoms. The number of fused-ring (bicyclic) bond motifs is 2. The Morgan fingerprint density at radius 3 is 2.70 bits per heavy atom. The summed E-state index contributed by atoms with van der Waals surface area (Å²) in [6.07, 6.45) is 1.14. The van der Waals surface area contributed by atoms with Crippen LogP contribution in [0.15, 0.2) is 34.9 Å². The first kappa shape index (κ1) is 21.0. The van der Waals surface area contributed by atoms with E-state index in [-0.39, 0.29) is 23.0 Å². The third-order valence-electron chi connectivity index (χ3n) is 3.87. The van der Waals surface area contributed by atoms with Crippen LogP contribution < -0.4 is 4.84 Å². The Bertz CT molecular complexity index is 1230. The molecule has 3 aromatic heterocycles. The molecule has 0 aliphatic rings. The summed E-state index contributed by atoms with van der Waals surface area (Å²) < 4.78 is 11.0. The fourth-order valence-corrected chi connectivity index (χ4v) is 2.75. The molecule has 0 aliphatic carbocycles. The Balaban J connectivity index is 0.000000177. The van der Waals surface area contributed by atoms with Gasteiger partial charge in [-0.3, -0.25) is 4.40 Å². The van der Waals surface area contributed by atoms with E-state index in [9.17, 15) is 14.7 Å². The molecule has 0 saturated carbocycles. The fraction of sp³-hybridized carbons (Fsp3) is 0.167. The molecule has 4 rings (SSSR count). The summed E-state index contributed by atoms with van der Waals surface area (Å²) in [5.74, 6) is -1.84. The average Bonchev–Trinajstić information content (AvgIpc) is 3.27. The lowest BCUT2D eigenvalue weighted by molar-refractivity contribution is 0.0592. The van der Waals surface area contributed by atoms with Gasteiger partial charge in [0.25, 0.3) is 0 Å². The van der Waals surface area contributed by atoms with Crippen molar-refractivity contribution >= 4 is 40.6 Å². The minimum atomic E-state index is -1.31.